The van der Waals surface area contributed by atoms with E-state index in [1.54, 1.807) is 21.9 Å². The van der Waals surface area contributed by atoms with Crippen molar-refractivity contribution in [1.29, 1.82) is 0 Å². The SMILES string of the molecule is CC1CC(C)CN(c2c(F)cc(N3C(c4ccc(Cl)c([N+](=O)[O-])c4)CCC3c3ccc(Cl)c([N+](=O)[O-])c3)cc2F)C1. The van der Waals surface area contributed by atoms with Gasteiger partial charge in [0.15, 0.2) is 11.6 Å². The zero-order chi connectivity index (χ0) is 29.6. The first-order valence-corrected chi connectivity index (χ1v) is 14.1. The number of halogens is 4. The standard InChI is InChI=1S/C29H28Cl2F2N4O4/c1-16-9-17(2)15-34(14-16)29-23(32)12-20(13-24(29)33)35-25(18-3-5-21(30)27(10-18)36(38)39)7-8-26(35)19-4-6-22(31)28(11-19)37(40)41/h3-6,10-13,16-17,25-26H,7-9,14-15H2,1-2H3. The summed E-state index contributed by atoms with van der Waals surface area (Å²) in [6.45, 7) is 5.19. The highest BCUT2D eigenvalue weighted by Crippen LogP contribution is 2.49. The molecule has 41 heavy (non-hydrogen) atoms. The first-order chi connectivity index (χ1) is 19.4. The van der Waals surface area contributed by atoms with Gasteiger partial charge in [-0.05, 0) is 66.5 Å². The molecule has 4 unspecified atom stereocenters. The average molecular weight is 605 g/mol. The van der Waals surface area contributed by atoms with Gasteiger partial charge in [-0.1, -0.05) is 49.2 Å². The topological polar surface area (TPSA) is 92.8 Å². The lowest BCUT2D eigenvalue weighted by atomic mass is 9.91. The number of nitrogens with zero attached hydrogens (tertiary/aromatic N) is 4. The number of nitro groups is 2. The molecule has 3 aromatic carbocycles. The van der Waals surface area contributed by atoms with Crippen LogP contribution in [0, 0.1) is 43.7 Å². The first-order valence-electron chi connectivity index (χ1n) is 13.3. The van der Waals surface area contributed by atoms with Crippen LogP contribution in [0.1, 0.15) is 56.3 Å². The Bertz CT molecular complexity index is 1420. The molecule has 2 saturated heterocycles. The van der Waals surface area contributed by atoms with Crippen molar-refractivity contribution in [3.05, 3.63) is 102 Å². The molecule has 2 aliphatic heterocycles. The van der Waals surface area contributed by atoms with Crippen LogP contribution >= 0.6 is 23.2 Å². The molecule has 2 heterocycles. The normalized spacial score (nSPS) is 22.7. The van der Waals surface area contributed by atoms with Gasteiger partial charge in [-0.15, -0.1) is 0 Å². The second-order valence-corrected chi connectivity index (χ2v) is 11.9. The Morgan fingerprint density at radius 3 is 1.63 bits per heavy atom. The van der Waals surface area contributed by atoms with E-state index < -0.39 is 33.6 Å². The van der Waals surface area contributed by atoms with Gasteiger partial charge in [0.2, 0.25) is 0 Å². The smallest absolute Gasteiger partial charge is 0.288 e. The summed E-state index contributed by atoms with van der Waals surface area (Å²) < 4.78 is 31.6. The lowest BCUT2D eigenvalue weighted by Crippen LogP contribution is -2.39. The molecule has 216 valence electrons. The van der Waals surface area contributed by atoms with Crippen molar-refractivity contribution < 1.29 is 18.6 Å². The van der Waals surface area contributed by atoms with Crippen LogP contribution in [0.5, 0.6) is 0 Å². The maximum absolute atomic E-state index is 15.8. The van der Waals surface area contributed by atoms with Crippen LogP contribution in [-0.2, 0) is 0 Å². The molecule has 0 aliphatic carbocycles. The molecule has 4 atom stereocenters. The lowest BCUT2D eigenvalue weighted by molar-refractivity contribution is -0.384. The number of benzene rings is 3. The van der Waals surface area contributed by atoms with E-state index in [-0.39, 0.29) is 44.6 Å². The number of piperidine rings is 1. The van der Waals surface area contributed by atoms with E-state index in [1.807, 2.05) is 0 Å². The zero-order valence-corrected chi connectivity index (χ0v) is 23.9. The van der Waals surface area contributed by atoms with Crippen LogP contribution in [0.25, 0.3) is 0 Å². The molecule has 2 aliphatic rings. The Morgan fingerprint density at radius 2 is 1.22 bits per heavy atom. The van der Waals surface area contributed by atoms with Crippen molar-refractivity contribution in [3.8, 4) is 0 Å². The summed E-state index contributed by atoms with van der Waals surface area (Å²) in [6, 6.07) is 10.4. The fourth-order valence-corrected chi connectivity index (χ4v) is 6.80. The Hall–Kier alpha value is -3.50. The minimum absolute atomic E-state index is 0.0281. The predicted octanol–water partition coefficient (Wildman–Crippen LogP) is 8.65. The van der Waals surface area contributed by atoms with Gasteiger partial charge in [0.1, 0.15) is 15.7 Å². The summed E-state index contributed by atoms with van der Waals surface area (Å²) in [5.41, 5.74) is 0.658. The van der Waals surface area contributed by atoms with E-state index in [9.17, 15) is 20.2 Å². The summed E-state index contributed by atoms with van der Waals surface area (Å²) in [7, 11) is 0. The third-order valence-electron chi connectivity index (χ3n) is 7.97. The van der Waals surface area contributed by atoms with E-state index >= 15 is 8.78 Å². The van der Waals surface area contributed by atoms with Crippen LogP contribution in [-0.4, -0.2) is 22.9 Å². The Morgan fingerprint density at radius 1 is 0.780 bits per heavy atom. The first kappa shape index (κ1) is 29.0. The largest absolute Gasteiger partial charge is 0.366 e. The Balaban J connectivity index is 1.62. The molecule has 5 rings (SSSR count). The van der Waals surface area contributed by atoms with Gasteiger partial charge in [0, 0.05) is 30.9 Å². The summed E-state index contributed by atoms with van der Waals surface area (Å²) >= 11 is 12.1. The fourth-order valence-electron chi connectivity index (χ4n) is 6.43. The maximum atomic E-state index is 15.8. The van der Waals surface area contributed by atoms with E-state index in [0.29, 0.717) is 37.1 Å². The average Bonchev–Trinajstić information content (AvgIpc) is 3.33. The van der Waals surface area contributed by atoms with Gasteiger partial charge in [0.05, 0.1) is 21.9 Å². The number of hydrogen-bond donors (Lipinski definition) is 0. The molecule has 0 radical (unpaired) electrons. The number of rotatable bonds is 6. The van der Waals surface area contributed by atoms with Crippen molar-refractivity contribution in [2.45, 2.75) is 45.2 Å². The van der Waals surface area contributed by atoms with Crippen molar-refractivity contribution in [3.63, 3.8) is 0 Å². The van der Waals surface area contributed by atoms with Crippen LogP contribution in [0.3, 0.4) is 0 Å². The second-order valence-electron chi connectivity index (χ2n) is 11.1. The molecule has 0 saturated carbocycles. The van der Waals surface area contributed by atoms with Gasteiger partial charge in [-0.2, -0.15) is 0 Å². The molecule has 2 fully saturated rings. The van der Waals surface area contributed by atoms with Crippen molar-refractivity contribution in [2.75, 3.05) is 22.9 Å². The van der Waals surface area contributed by atoms with Crippen molar-refractivity contribution in [2.24, 2.45) is 11.8 Å². The van der Waals surface area contributed by atoms with E-state index in [4.69, 9.17) is 23.2 Å². The maximum Gasteiger partial charge on any atom is 0.288 e. The van der Waals surface area contributed by atoms with Gasteiger partial charge < -0.3 is 9.80 Å². The third-order valence-corrected chi connectivity index (χ3v) is 8.61. The van der Waals surface area contributed by atoms with Gasteiger partial charge >= 0.3 is 0 Å². The number of anilines is 2. The van der Waals surface area contributed by atoms with Gasteiger partial charge in [0.25, 0.3) is 11.4 Å². The molecule has 0 aromatic heterocycles. The number of nitro benzene ring substituents is 2. The zero-order valence-electron chi connectivity index (χ0n) is 22.4. The Labute approximate surface area is 245 Å². The second kappa shape index (κ2) is 11.4. The summed E-state index contributed by atoms with van der Waals surface area (Å²) in [6.07, 6.45) is 1.91. The molecular formula is C29H28Cl2F2N4O4. The molecule has 8 nitrogen and oxygen atoms in total. The van der Waals surface area contributed by atoms with Crippen molar-refractivity contribution >= 4 is 46.0 Å². The third kappa shape index (κ3) is 5.67. The number of hydrogen-bond acceptors (Lipinski definition) is 6. The minimum atomic E-state index is -0.713. The minimum Gasteiger partial charge on any atom is -0.366 e. The van der Waals surface area contributed by atoms with E-state index in [0.717, 1.165) is 6.42 Å². The van der Waals surface area contributed by atoms with Crippen LogP contribution < -0.4 is 9.80 Å². The molecule has 12 heteroatoms. The predicted molar refractivity (Wildman–Crippen MR) is 155 cm³/mol. The molecule has 3 aromatic rings. The highest BCUT2D eigenvalue weighted by atomic mass is 35.5. The molecule has 0 spiro atoms. The highest BCUT2D eigenvalue weighted by Gasteiger charge is 2.38. The molecule has 0 bridgehead atoms. The molecule has 0 N–H and O–H groups in total. The Kier molecular flexibility index (Phi) is 8.07. The lowest BCUT2D eigenvalue weighted by Gasteiger charge is -2.38. The molecule has 0 amide bonds. The van der Waals surface area contributed by atoms with E-state index in [2.05, 4.69) is 13.8 Å². The monoisotopic (exact) mass is 604 g/mol. The van der Waals surface area contributed by atoms with Crippen molar-refractivity contribution in [1.82, 2.24) is 0 Å². The summed E-state index contributed by atoms with van der Waals surface area (Å²) in [4.78, 5) is 25.6. The summed E-state index contributed by atoms with van der Waals surface area (Å²) in [5.74, 6) is -0.860. The highest BCUT2D eigenvalue weighted by molar-refractivity contribution is 6.33. The molecular weight excluding hydrogens is 577 g/mol. The summed E-state index contributed by atoms with van der Waals surface area (Å²) in [5, 5.41) is 23.2. The van der Waals surface area contributed by atoms with Gasteiger partial charge in [-0.3, -0.25) is 20.2 Å². The van der Waals surface area contributed by atoms with Crippen LogP contribution in [0.4, 0.5) is 31.5 Å². The van der Waals surface area contributed by atoms with Crippen LogP contribution in [0.15, 0.2) is 48.5 Å². The van der Waals surface area contributed by atoms with Crippen LogP contribution in [0.2, 0.25) is 10.0 Å². The van der Waals surface area contributed by atoms with E-state index in [1.165, 1.54) is 36.4 Å². The quantitative estimate of drug-likeness (QED) is 0.206. The van der Waals surface area contributed by atoms with Gasteiger partial charge in [-0.25, -0.2) is 8.78 Å². The fraction of sp³-hybridized carbons (Fsp3) is 0.379.